The molecule has 0 unspecified atom stereocenters. The molecule has 0 heteroatoms. The second kappa shape index (κ2) is 9.91. The van der Waals surface area contributed by atoms with Crippen molar-refractivity contribution in [3.63, 3.8) is 0 Å². The first-order valence-electron chi connectivity index (χ1n) is 13.1. The summed E-state index contributed by atoms with van der Waals surface area (Å²) in [6.45, 7) is 4.51. The molecular weight excluding hydrogens is 444 g/mol. The Kier molecular flexibility index (Phi) is 6.16. The minimum atomic E-state index is 0.493. The van der Waals surface area contributed by atoms with E-state index in [1.807, 2.05) is 0 Å². The van der Waals surface area contributed by atoms with E-state index in [1.165, 1.54) is 60.8 Å². The van der Waals surface area contributed by atoms with Crippen LogP contribution in [0.5, 0.6) is 0 Å². The van der Waals surface area contributed by atoms with Crippen LogP contribution in [0.4, 0.5) is 0 Å². The van der Waals surface area contributed by atoms with E-state index in [9.17, 15) is 0 Å². The zero-order valence-corrected chi connectivity index (χ0v) is 21.4. The fourth-order valence-electron chi connectivity index (χ4n) is 5.46. The average Bonchev–Trinajstić information content (AvgIpc) is 2.97. The van der Waals surface area contributed by atoms with Crippen molar-refractivity contribution in [1.82, 2.24) is 0 Å². The predicted molar refractivity (Wildman–Crippen MR) is 160 cm³/mol. The molecule has 0 heterocycles. The molecule has 0 saturated heterocycles. The average molecular weight is 475 g/mol. The lowest BCUT2D eigenvalue weighted by Crippen LogP contribution is -1.97. The Bertz CT molecular complexity index is 1640. The highest BCUT2D eigenvalue weighted by Crippen LogP contribution is 2.50. The molecule has 0 spiro atoms. The van der Waals surface area contributed by atoms with Crippen molar-refractivity contribution >= 4 is 10.8 Å². The molecule has 0 saturated carbocycles. The summed E-state index contributed by atoms with van der Waals surface area (Å²) in [7, 11) is 0. The van der Waals surface area contributed by atoms with E-state index in [1.54, 1.807) is 0 Å². The third kappa shape index (κ3) is 4.26. The largest absolute Gasteiger partial charge is 0.0622 e. The predicted octanol–water partition coefficient (Wildman–Crippen LogP) is 10.6. The van der Waals surface area contributed by atoms with Crippen molar-refractivity contribution in [1.29, 1.82) is 0 Å². The summed E-state index contributed by atoms with van der Waals surface area (Å²) in [6, 6.07) is 50.7. The number of hydrogen-bond donors (Lipinski definition) is 0. The van der Waals surface area contributed by atoms with E-state index in [0.717, 1.165) is 0 Å². The molecule has 0 aromatic heterocycles. The van der Waals surface area contributed by atoms with Gasteiger partial charge in [0.25, 0.3) is 0 Å². The van der Waals surface area contributed by atoms with Crippen molar-refractivity contribution in [2.24, 2.45) is 0 Å². The Balaban J connectivity index is 1.84. The highest BCUT2D eigenvalue weighted by Gasteiger charge is 2.23. The van der Waals surface area contributed by atoms with Gasteiger partial charge in [0.1, 0.15) is 0 Å². The summed E-state index contributed by atoms with van der Waals surface area (Å²) in [4.78, 5) is 0. The van der Waals surface area contributed by atoms with Crippen LogP contribution in [0.3, 0.4) is 0 Å². The van der Waals surface area contributed by atoms with Gasteiger partial charge in [-0.25, -0.2) is 0 Å². The Labute approximate surface area is 219 Å². The number of hydrogen-bond acceptors (Lipinski definition) is 0. The van der Waals surface area contributed by atoms with Gasteiger partial charge in [-0.1, -0.05) is 153 Å². The molecule has 37 heavy (non-hydrogen) atoms. The minimum absolute atomic E-state index is 0.493. The quantitative estimate of drug-likeness (QED) is 0.233. The van der Waals surface area contributed by atoms with Crippen LogP contribution < -0.4 is 0 Å². The van der Waals surface area contributed by atoms with Crippen LogP contribution in [0.2, 0.25) is 0 Å². The van der Waals surface area contributed by atoms with Crippen LogP contribution in [0.25, 0.3) is 55.3 Å². The number of fused-ring (bicyclic) bond motifs is 1. The molecule has 0 bridgehead atoms. The first kappa shape index (κ1) is 23.0. The Morgan fingerprint density at radius 2 is 0.649 bits per heavy atom. The van der Waals surface area contributed by atoms with Gasteiger partial charge in [0, 0.05) is 0 Å². The van der Waals surface area contributed by atoms with Gasteiger partial charge in [0.15, 0.2) is 0 Å². The molecule has 6 aromatic rings. The molecule has 0 radical (unpaired) electrons. The standard InChI is InChI=1S/C37H30/c1-26(2)27-22-24-31(25-23-27)37-35(29-16-8-4-9-17-29)33-21-13-12-20-32(33)34(28-14-6-3-7-15-28)36(37)30-18-10-5-11-19-30/h3-26H,1-2H3. The van der Waals surface area contributed by atoms with Gasteiger partial charge in [0.2, 0.25) is 0 Å². The minimum Gasteiger partial charge on any atom is -0.0622 e. The van der Waals surface area contributed by atoms with Gasteiger partial charge in [0.05, 0.1) is 0 Å². The molecule has 0 aliphatic rings. The lowest BCUT2D eigenvalue weighted by atomic mass is 9.79. The van der Waals surface area contributed by atoms with Gasteiger partial charge < -0.3 is 0 Å². The zero-order valence-electron chi connectivity index (χ0n) is 21.4. The Hall–Kier alpha value is -4.42. The smallest absolute Gasteiger partial charge is 0.00141 e. The molecule has 0 amide bonds. The lowest BCUT2D eigenvalue weighted by Gasteiger charge is -2.24. The van der Waals surface area contributed by atoms with Gasteiger partial charge >= 0.3 is 0 Å². The van der Waals surface area contributed by atoms with E-state index in [2.05, 4.69) is 153 Å². The topological polar surface area (TPSA) is 0 Å². The lowest BCUT2D eigenvalue weighted by molar-refractivity contribution is 0.867. The first-order valence-corrected chi connectivity index (χ1v) is 13.1. The summed E-state index contributed by atoms with van der Waals surface area (Å²) in [5.74, 6) is 0.493. The van der Waals surface area contributed by atoms with Crippen molar-refractivity contribution in [2.45, 2.75) is 19.8 Å². The zero-order chi connectivity index (χ0) is 25.2. The maximum absolute atomic E-state index is 2.31. The van der Waals surface area contributed by atoms with Crippen molar-refractivity contribution in [3.8, 4) is 44.5 Å². The van der Waals surface area contributed by atoms with Crippen molar-refractivity contribution in [2.75, 3.05) is 0 Å². The molecule has 0 aliphatic carbocycles. The van der Waals surface area contributed by atoms with Crippen LogP contribution in [0, 0.1) is 0 Å². The maximum Gasteiger partial charge on any atom is -0.00141 e. The van der Waals surface area contributed by atoms with Gasteiger partial charge in [-0.3, -0.25) is 0 Å². The monoisotopic (exact) mass is 474 g/mol. The Morgan fingerprint density at radius 1 is 0.324 bits per heavy atom. The normalized spacial score (nSPS) is 11.2. The van der Waals surface area contributed by atoms with E-state index < -0.39 is 0 Å². The van der Waals surface area contributed by atoms with Gasteiger partial charge in [-0.05, 0) is 66.8 Å². The first-order chi connectivity index (χ1) is 18.2. The van der Waals surface area contributed by atoms with E-state index in [0.29, 0.717) is 5.92 Å². The summed E-state index contributed by atoms with van der Waals surface area (Å²) in [6.07, 6.45) is 0. The molecule has 0 nitrogen and oxygen atoms in total. The van der Waals surface area contributed by atoms with Crippen molar-refractivity contribution in [3.05, 3.63) is 145 Å². The SMILES string of the molecule is CC(C)c1ccc(-c2c(-c3ccccc3)c(-c3ccccc3)c3ccccc3c2-c2ccccc2)cc1. The van der Waals surface area contributed by atoms with E-state index >= 15 is 0 Å². The Morgan fingerprint density at radius 3 is 1.03 bits per heavy atom. The van der Waals surface area contributed by atoms with E-state index in [-0.39, 0.29) is 0 Å². The molecule has 6 aromatic carbocycles. The molecule has 0 atom stereocenters. The van der Waals surface area contributed by atoms with Crippen LogP contribution in [0.15, 0.2) is 140 Å². The number of benzene rings is 6. The van der Waals surface area contributed by atoms with Gasteiger partial charge in [-0.15, -0.1) is 0 Å². The molecule has 178 valence electrons. The molecule has 6 rings (SSSR count). The van der Waals surface area contributed by atoms with Gasteiger partial charge in [-0.2, -0.15) is 0 Å². The van der Waals surface area contributed by atoms with Crippen LogP contribution in [-0.2, 0) is 0 Å². The molecule has 0 N–H and O–H groups in total. The second-order valence-electron chi connectivity index (χ2n) is 9.92. The third-order valence-electron chi connectivity index (χ3n) is 7.27. The summed E-state index contributed by atoms with van der Waals surface area (Å²) < 4.78 is 0. The van der Waals surface area contributed by atoms with E-state index in [4.69, 9.17) is 0 Å². The number of rotatable bonds is 5. The van der Waals surface area contributed by atoms with Crippen LogP contribution in [0.1, 0.15) is 25.3 Å². The molecular formula is C37H30. The summed E-state index contributed by atoms with van der Waals surface area (Å²) >= 11 is 0. The summed E-state index contributed by atoms with van der Waals surface area (Å²) in [5.41, 5.74) is 11.4. The fourth-order valence-corrected chi connectivity index (χ4v) is 5.46. The summed E-state index contributed by atoms with van der Waals surface area (Å²) in [5, 5.41) is 2.55. The molecule has 0 aliphatic heterocycles. The third-order valence-corrected chi connectivity index (χ3v) is 7.27. The molecule has 0 fully saturated rings. The highest BCUT2D eigenvalue weighted by molar-refractivity contribution is 6.18. The van der Waals surface area contributed by atoms with Crippen molar-refractivity contribution < 1.29 is 0 Å². The van der Waals surface area contributed by atoms with Crippen LogP contribution in [-0.4, -0.2) is 0 Å². The maximum atomic E-state index is 2.31. The second-order valence-corrected chi connectivity index (χ2v) is 9.92. The highest BCUT2D eigenvalue weighted by atomic mass is 14.3. The fraction of sp³-hybridized carbons (Fsp3) is 0.0811. The van der Waals surface area contributed by atoms with Crippen LogP contribution >= 0.6 is 0 Å².